The van der Waals surface area contributed by atoms with Gasteiger partial charge in [0.15, 0.2) is 0 Å². The first kappa shape index (κ1) is 25.5. The van der Waals surface area contributed by atoms with Crippen molar-refractivity contribution in [3.05, 3.63) is 81.0 Å². The number of amides is 2. The lowest BCUT2D eigenvalue weighted by Gasteiger charge is -2.39. The molecule has 9 heteroatoms. The minimum atomic E-state index is -0.752. The Balaban J connectivity index is 1.58. The number of esters is 1. The predicted octanol–water partition coefficient (Wildman–Crippen LogP) is 4.32. The number of carbonyl (C=O) groups excluding carboxylic acids is 2. The van der Waals surface area contributed by atoms with Crippen molar-refractivity contribution >= 4 is 35.2 Å². The summed E-state index contributed by atoms with van der Waals surface area (Å²) in [5.74, 6) is -0.474. The third-order valence-corrected chi connectivity index (χ3v) is 7.29. The molecule has 0 aromatic heterocycles. The van der Waals surface area contributed by atoms with Crippen molar-refractivity contribution in [1.82, 2.24) is 20.0 Å². The van der Waals surface area contributed by atoms with E-state index >= 15 is 0 Å². The topological polar surface area (TPSA) is 65.1 Å². The number of hydrogen-bond acceptors (Lipinski definition) is 5. The van der Waals surface area contributed by atoms with Crippen LogP contribution in [0.4, 0.5) is 4.79 Å². The van der Waals surface area contributed by atoms with E-state index in [1.165, 1.54) is 10.5 Å². The molecule has 0 spiro atoms. The van der Waals surface area contributed by atoms with Crippen molar-refractivity contribution in [1.29, 1.82) is 0 Å². The number of carbonyl (C=O) groups is 2. The zero-order valence-corrected chi connectivity index (χ0v) is 21.5. The van der Waals surface area contributed by atoms with Crippen molar-refractivity contribution < 1.29 is 14.3 Å². The van der Waals surface area contributed by atoms with E-state index in [-0.39, 0.29) is 12.6 Å². The number of urea groups is 1. The molecule has 1 unspecified atom stereocenters. The fourth-order valence-electron chi connectivity index (χ4n) is 4.53. The van der Waals surface area contributed by atoms with Crippen LogP contribution in [-0.2, 0) is 16.1 Å². The second kappa shape index (κ2) is 11.4. The maximum absolute atomic E-state index is 13.2. The minimum Gasteiger partial charge on any atom is -0.463 e. The van der Waals surface area contributed by atoms with Crippen molar-refractivity contribution in [3.8, 4) is 0 Å². The van der Waals surface area contributed by atoms with Gasteiger partial charge in [0.1, 0.15) is 0 Å². The average Bonchev–Trinajstić information content (AvgIpc) is 2.85. The maximum Gasteiger partial charge on any atom is 0.338 e. The van der Waals surface area contributed by atoms with E-state index in [9.17, 15) is 9.59 Å². The summed E-state index contributed by atoms with van der Waals surface area (Å²) in [5, 5.41) is 3.56. The lowest BCUT2D eigenvalue weighted by Crippen LogP contribution is -2.52. The third kappa shape index (κ3) is 5.81. The van der Waals surface area contributed by atoms with Crippen LogP contribution in [0.15, 0.2) is 59.8 Å². The molecule has 2 aromatic carbocycles. The Kier molecular flexibility index (Phi) is 8.34. The Morgan fingerprint density at radius 2 is 1.66 bits per heavy atom. The highest BCUT2D eigenvalue weighted by molar-refractivity contribution is 6.42. The van der Waals surface area contributed by atoms with Crippen molar-refractivity contribution in [3.63, 3.8) is 0 Å². The minimum absolute atomic E-state index is 0.224. The van der Waals surface area contributed by atoms with Gasteiger partial charge < -0.3 is 10.1 Å². The molecule has 0 radical (unpaired) electrons. The van der Waals surface area contributed by atoms with E-state index < -0.39 is 12.0 Å². The fourth-order valence-corrected chi connectivity index (χ4v) is 4.95. The molecule has 0 saturated carbocycles. The Labute approximate surface area is 216 Å². The number of halogens is 2. The highest BCUT2D eigenvalue weighted by Crippen LogP contribution is 2.37. The normalized spacial score (nSPS) is 19.6. The van der Waals surface area contributed by atoms with Gasteiger partial charge in [-0.05, 0) is 24.1 Å². The summed E-state index contributed by atoms with van der Waals surface area (Å²) in [6.07, 6.45) is 0. The number of piperazine rings is 1. The molecule has 1 fully saturated rings. The van der Waals surface area contributed by atoms with Crippen molar-refractivity contribution in [2.45, 2.75) is 19.5 Å². The van der Waals surface area contributed by atoms with Gasteiger partial charge in [0.05, 0.1) is 28.3 Å². The standard InChI is InChI=1S/C26H30Cl2N4O3/c1-3-35-25(33)22-21(17-32-14-12-31(13-15-32)16-18-8-5-4-6-9-18)30(2)26(34)29-24(22)19-10-7-11-20(27)23(19)28/h4-11,24H,3,12-17H2,1-2H3,(H,29,34). The zero-order valence-electron chi connectivity index (χ0n) is 20.0. The predicted molar refractivity (Wildman–Crippen MR) is 137 cm³/mol. The van der Waals surface area contributed by atoms with Crippen LogP contribution in [0.1, 0.15) is 24.1 Å². The summed E-state index contributed by atoms with van der Waals surface area (Å²) in [6, 6.07) is 14.5. The van der Waals surface area contributed by atoms with Crippen LogP contribution in [0.2, 0.25) is 10.0 Å². The molecule has 0 aliphatic carbocycles. The van der Waals surface area contributed by atoms with Gasteiger partial charge in [-0.1, -0.05) is 65.7 Å². The van der Waals surface area contributed by atoms with Gasteiger partial charge in [-0.2, -0.15) is 0 Å². The lowest BCUT2D eigenvalue weighted by molar-refractivity contribution is -0.139. The van der Waals surface area contributed by atoms with E-state index in [4.69, 9.17) is 27.9 Å². The molecule has 7 nitrogen and oxygen atoms in total. The quantitative estimate of drug-likeness (QED) is 0.555. The van der Waals surface area contributed by atoms with Gasteiger partial charge >= 0.3 is 12.0 Å². The Hall–Kier alpha value is -2.58. The molecule has 1 saturated heterocycles. The van der Waals surface area contributed by atoms with Crippen LogP contribution in [-0.4, -0.2) is 73.1 Å². The number of likely N-dealkylation sites (N-methyl/N-ethyl adjacent to an activating group) is 1. The molecule has 186 valence electrons. The number of nitrogens with zero attached hydrogens (tertiary/aromatic N) is 3. The first-order valence-corrected chi connectivity index (χ1v) is 12.5. The molecule has 2 aliphatic heterocycles. The van der Waals surface area contributed by atoms with Gasteiger partial charge in [0.25, 0.3) is 0 Å². The van der Waals surface area contributed by atoms with Gasteiger partial charge in [-0.25, -0.2) is 9.59 Å². The highest BCUT2D eigenvalue weighted by atomic mass is 35.5. The number of ether oxygens (including phenoxy) is 1. The second-order valence-corrected chi connectivity index (χ2v) is 9.49. The number of rotatable bonds is 7. The number of hydrogen-bond donors (Lipinski definition) is 1. The summed E-state index contributed by atoms with van der Waals surface area (Å²) in [5.41, 5.74) is 2.85. The van der Waals surface area contributed by atoms with E-state index in [1.54, 1.807) is 32.2 Å². The van der Waals surface area contributed by atoms with Gasteiger partial charge in [-0.3, -0.25) is 14.7 Å². The summed E-state index contributed by atoms with van der Waals surface area (Å²) in [4.78, 5) is 32.3. The first-order valence-electron chi connectivity index (χ1n) is 11.8. The van der Waals surface area contributed by atoms with Gasteiger partial charge in [-0.15, -0.1) is 0 Å². The van der Waals surface area contributed by atoms with E-state index in [0.717, 1.165) is 32.7 Å². The van der Waals surface area contributed by atoms with Crippen LogP contribution < -0.4 is 5.32 Å². The number of benzene rings is 2. The van der Waals surface area contributed by atoms with E-state index in [0.29, 0.717) is 33.4 Å². The van der Waals surface area contributed by atoms with Gasteiger partial charge in [0, 0.05) is 52.0 Å². The zero-order chi connectivity index (χ0) is 24.9. The third-order valence-electron chi connectivity index (χ3n) is 6.45. The molecule has 2 aliphatic rings. The molecule has 1 atom stereocenters. The molecule has 2 amide bonds. The summed E-state index contributed by atoms with van der Waals surface area (Å²) in [7, 11) is 1.67. The van der Waals surface area contributed by atoms with Crippen molar-refractivity contribution in [2.24, 2.45) is 0 Å². The Morgan fingerprint density at radius 1 is 1.00 bits per heavy atom. The first-order chi connectivity index (χ1) is 16.9. The molecule has 35 heavy (non-hydrogen) atoms. The number of nitrogens with one attached hydrogen (secondary N) is 1. The fraction of sp³-hybridized carbons (Fsp3) is 0.385. The Morgan fingerprint density at radius 3 is 2.31 bits per heavy atom. The Bertz CT molecular complexity index is 1100. The second-order valence-electron chi connectivity index (χ2n) is 8.70. The van der Waals surface area contributed by atoms with Crippen LogP contribution in [0.25, 0.3) is 0 Å². The van der Waals surface area contributed by atoms with Crippen LogP contribution in [0, 0.1) is 0 Å². The smallest absolute Gasteiger partial charge is 0.338 e. The largest absolute Gasteiger partial charge is 0.463 e. The molecular weight excluding hydrogens is 487 g/mol. The summed E-state index contributed by atoms with van der Waals surface area (Å²) in [6.45, 7) is 6.79. The van der Waals surface area contributed by atoms with Crippen LogP contribution in [0.3, 0.4) is 0 Å². The van der Waals surface area contributed by atoms with Gasteiger partial charge in [0.2, 0.25) is 0 Å². The summed E-state index contributed by atoms with van der Waals surface area (Å²) < 4.78 is 5.41. The molecular formula is C26H30Cl2N4O3. The molecule has 2 aromatic rings. The molecule has 0 bridgehead atoms. The lowest BCUT2D eigenvalue weighted by atomic mass is 9.94. The average molecular weight is 517 g/mol. The molecule has 2 heterocycles. The monoisotopic (exact) mass is 516 g/mol. The van der Waals surface area contributed by atoms with Crippen LogP contribution >= 0.6 is 23.2 Å². The van der Waals surface area contributed by atoms with E-state index in [1.807, 2.05) is 6.07 Å². The highest BCUT2D eigenvalue weighted by Gasteiger charge is 2.38. The maximum atomic E-state index is 13.2. The SMILES string of the molecule is CCOC(=O)C1=C(CN2CCN(Cc3ccccc3)CC2)N(C)C(=O)NC1c1cccc(Cl)c1Cl. The van der Waals surface area contributed by atoms with Crippen LogP contribution in [0.5, 0.6) is 0 Å². The molecule has 1 N–H and O–H groups in total. The van der Waals surface area contributed by atoms with Crippen molar-refractivity contribution in [2.75, 3.05) is 46.4 Å². The van der Waals surface area contributed by atoms with E-state index in [2.05, 4.69) is 39.4 Å². The summed E-state index contributed by atoms with van der Waals surface area (Å²) >= 11 is 12.7. The molecule has 4 rings (SSSR count).